The molecule has 0 saturated heterocycles. The summed E-state index contributed by atoms with van der Waals surface area (Å²) in [7, 11) is 0. The zero-order valence-electron chi connectivity index (χ0n) is 12.5. The second kappa shape index (κ2) is 6.04. The van der Waals surface area contributed by atoms with E-state index >= 15 is 0 Å². The van der Waals surface area contributed by atoms with E-state index in [9.17, 15) is 27.5 Å². The number of rotatable bonds is 2. The lowest BCUT2D eigenvalue weighted by atomic mass is 10.0. The molecule has 4 nitrogen and oxygen atoms in total. The lowest BCUT2D eigenvalue weighted by Gasteiger charge is -2.11. The van der Waals surface area contributed by atoms with Crippen LogP contribution in [0.5, 0.6) is 5.75 Å². The first-order valence-corrected chi connectivity index (χ1v) is 7.00. The van der Waals surface area contributed by atoms with Crippen LogP contribution in [0.4, 0.5) is 17.6 Å². The predicted octanol–water partition coefficient (Wildman–Crippen LogP) is 3.76. The molecule has 0 aliphatic rings. The molecule has 0 aliphatic carbocycles. The second-order valence-corrected chi connectivity index (χ2v) is 5.20. The molecule has 0 aliphatic heterocycles. The molecule has 0 saturated carbocycles. The van der Waals surface area contributed by atoms with Crippen molar-refractivity contribution in [1.29, 1.82) is 0 Å². The molecule has 0 spiro atoms. The van der Waals surface area contributed by atoms with E-state index in [1.807, 2.05) is 0 Å². The minimum Gasteiger partial charge on any atom is -0.503 e. The van der Waals surface area contributed by atoms with Crippen LogP contribution in [-0.4, -0.2) is 14.7 Å². The molecular formula is C17H10F4N2O2. The number of nitrogens with zero attached hydrogens (tertiary/aromatic N) is 2. The Morgan fingerprint density at radius 3 is 2.48 bits per heavy atom. The van der Waals surface area contributed by atoms with Gasteiger partial charge in [0.2, 0.25) is 5.43 Å². The molecule has 1 N–H and O–H groups in total. The summed E-state index contributed by atoms with van der Waals surface area (Å²) in [6, 6.07) is 6.26. The number of pyridine rings is 2. The van der Waals surface area contributed by atoms with Crippen LogP contribution in [0.3, 0.4) is 0 Å². The minimum absolute atomic E-state index is 0.0260. The van der Waals surface area contributed by atoms with E-state index in [1.165, 1.54) is 29.1 Å². The van der Waals surface area contributed by atoms with Gasteiger partial charge in [-0.3, -0.25) is 4.79 Å². The van der Waals surface area contributed by atoms with Gasteiger partial charge in [-0.1, -0.05) is 6.07 Å². The Morgan fingerprint density at radius 2 is 1.84 bits per heavy atom. The first-order valence-electron chi connectivity index (χ1n) is 7.00. The number of benzene rings is 1. The Hall–Kier alpha value is -3.16. The number of hydrogen-bond donors (Lipinski definition) is 1. The van der Waals surface area contributed by atoms with E-state index < -0.39 is 28.7 Å². The highest BCUT2D eigenvalue weighted by Gasteiger charge is 2.31. The highest BCUT2D eigenvalue weighted by atomic mass is 19.4. The molecule has 0 atom stereocenters. The first-order chi connectivity index (χ1) is 11.8. The number of alkyl halides is 3. The molecule has 0 radical (unpaired) electrons. The van der Waals surface area contributed by atoms with Crippen molar-refractivity contribution >= 4 is 0 Å². The lowest BCUT2D eigenvalue weighted by molar-refractivity contribution is -0.137. The van der Waals surface area contributed by atoms with Gasteiger partial charge in [0.1, 0.15) is 11.6 Å². The van der Waals surface area contributed by atoms with Crippen LogP contribution in [0, 0.1) is 5.82 Å². The molecule has 0 unspecified atom stereocenters. The molecule has 0 bridgehead atoms. The van der Waals surface area contributed by atoms with Gasteiger partial charge in [0.05, 0.1) is 11.8 Å². The van der Waals surface area contributed by atoms with Gasteiger partial charge < -0.3 is 9.67 Å². The molecule has 2 heterocycles. The van der Waals surface area contributed by atoms with Gasteiger partial charge in [0.15, 0.2) is 5.75 Å². The van der Waals surface area contributed by atoms with Crippen LogP contribution in [-0.2, 0) is 6.18 Å². The van der Waals surface area contributed by atoms with Gasteiger partial charge in [-0.05, 0) is 29.8 Å². The third kappa shape index (κ3) is 3.37. The van der Waals surface area contributed by atoms with Crippen LogP contribution in [0.25, 0.3) is 16.9 Å². The molecule has 0 amide bonds. The van der Waals surface area contributed by atoms with Crippen LogP contribution in [0.2, 0.25) is 0 Å². The molecular weight excluding hydrogens is 340 g/mol. The molecule has 128 valence electrons. The van der Waals surface area contributed by atoms with Crippen LogP contribution in [0.1, 0.15) is 5.56 Å². The van der Waals surface area contributed by atoms with E-state index in [2.05, 4.69) is 4.98 Å². The van der Waals surface area contributed by atoms with Crippen LogP contribution in [0.15, 0.2) is 59.8 Å². The summed E-state index contributed by atoms with van der Waals surface area (Å²) in [5, 5.41) is 9.47. The second-order valence-electron chi connectivity index (χ2n) is 5.20. The average Bonchev–Trinajstić information content (AvgIpc) is 2.56. The van der Waals surface area contributed by atoms with Gasteiger partial charge in [-0.2, -0.15) is 13.2 Å². The Bertz CT molecular complexity index is 996. The van der Waals surface area contributed by atoms with E-state index in [1.54, 1.807) is 0 Å². The smallest absolute Gasteiger partial charge is 0.416 e. The summed E-state index contributed by atoms with van der Waals surface area (Å²) in [6.07, 6.45) is -0.790. The lowest BCUT2D eigenvalue weighted by Crippen LogP contribution is -2.06. The van der Waals surface area contributed by atoms with Crippen molar-refractivity contribution in [2.75, 3.05) is 0 Å². The molecule has 8 heteroatoms. The van der Waals surface area contributed by atoms with Crippen LogP contribution < -0.4 is 5.43 Å². The van der Waals surface area contributed by atoms with Crippen molar-refractivity contribution in [3.63, 3.8) is 0 Å². The standard InChI is InChI=1S/C17H10F4N2O2/c18-13-8-11(17(19,20)21)1-2-12(13)10-3-5-22-16(7-10)23-6-4-14(24)15(25)9-23/h1-9,25H. The zero-order valence-corrected chi connectivity index (χ0v) is 12.5. The zero-order chi connectivity index (χ0) is 18.2. The van der Waals surface area contributed by atoms with Crippen molar-refractivity contribution in [2.24, 2.45) is 0 Å². The number of aromatic nitrogens is 2. The number of halogens is 4. The first kappa shape index (κ1) is 16.7. The third-order valence-electron chi connectivity index (χ3n) is 3.52. The van der Waals surface area contributed by atoms with E-state index in [-0.39, 0.29) is 11.4 Å². The Kier molecular flexibility index (Phi) is 4.03. The Morgan fingerprint density at radius 1 is 1.08 bits per heavy atom. The molecule has 2 aromatic heterocycles. The highest BCUT2D eigenvalue weighted by Crippen LogP contribution is 2.33. The predicted molar refractivity (Wildman–Crippen MR) is 81.9 cm³/mol. The van der Waals surface area contributed by atoms with Crippen molar-refractivity contribution in [3.05, 3.63) is 76.6 Å². The van der Waals surface area contributed by atoms with Crippen molar-refractivity contribution in [3.8, 4) is 22.7 Å². The number of hydrogen-bond acceptors (Lipinski definition) is 3. The Labute approximate surface area is 138 Å². The molecule has 1 aromatic carbocycles. The summed E-state index contributed by atoms with van der Waals surface area (Å²) < 4.78 is 53.3. The van der Waals surface area contributed by atoms with Crippen molar-refractivity contribution in [1.82, 2.24) is 9.55 Å². The molecule has 25 heavy (non-hydrogen) atoms. The SMILES string of the molecule is O=c1ccn(-c2cc(-c3ccc(C(F)(F)F)cc3F)ccn2)cc1O. The largest absolute Gasteiger partial charge is 0.503 e. The normalized spacial score (nSPS) is 11.5. The quantitative estimate of drug-likeness (QED) is 0.716. The van der Waals surface area contributed by atoms with Gasteiger partial charge in [0.25, 0.3) is 0 Å². The van der Waals surface area contributed by atoms with Crippen LogP contribution >= 0.6 is 0 Å². The minimum atomic E-state index is -4.63. The summed E-state index contributed by atoms with van der Waals surface area (Å²) >= 11 is 0. The summed E-state index contributed by atoms with van der Waals surface area (Å²) in [5.41, 5.74) is -1.37. The summed E-state index contributed by atoms with van der Waals surface area (Å²) in [4.78, 5) is 15.3. The summed E-state index contributed by atoms with van der Waals surface area (Å²) in [6.45, 7) is 0. The van der Waals surface area contributed by atoms with Gasteiger partial charge in [0, 0.05) is 24.0 Å². The summed E-state index contributed by atoms with van der Waals surface area (Å²) in [5.74, 6) is -1.25. The third-order valence-corrected chi connectivity index (χ3v) is 3.52. The fraction of sp³-hybridized carbons (Fsp3) is 0.0588. The fourth-order valence-electron chi connectivity index (χ4n) is 2.27. The van der Waals surface area contributed by atoms with Crippen molar-refractivity contribution < 1.29 is 22.7 Å². The van der Waals surface area contributed by atoms with Gasteiger partial charge >= 0.3 is 6.18 Å². The fourth-order valence-corrected chi connectivity index (χ4v) is 2.27. The maximum absolute atomic E-state index is 14.1. The molecule has 3 rings (SSSR count). The molecule has 3 aromatic rings. The average molecular weight is 350 g/mol. The maximum atomic E-state index is 14.1. The highest BCUT2D eigenvalue weighted by molar-refractivity contribution is 5.66. The van der Waals surface area contributed by atoms with Gasteiger partial charge in [-0.15, -0.1) is 0 Å². The van der Waals surface area contributed by atoms with E-state index in [4.69, 9.17) is 0 Å². The van der Waals surface area contributed by atoms with Gasteiger partial charge in [-0.25, -0.2) is 9.37 Å². The number of aromatic hydroxyl groups is 1. The molecule has 0 fully saturated rings. The van der Waals surface area contributed by atoms with E-state index in [0.29, 0.717) is 11.6 Å². The monoisotopic (exact) mass is 350 g/mol. The van der Waals surface area contributed by atoms with Crippen molar-refractivity contribution in [2.45, 2.75) is 6.18 Å². The maximum Gasteiger partial charge on any atom is 0.416 e. The van der Waals surface area contributed by atoms with E-state index in [0.717, 1.165) is 24.4 Å². The topological polar surface area (TPSA) is 55.1 Å². The Balaban J connectivity index is 2.05.